The van der Waals surface area contributed by atoms with E-state index in [4.69, 9.17) is 13.9 Å². The minimum absolute atomic E-state index is 0.0732. The van der Waals surface area contributed by atoms with Crippen LogP contribution in [-0.2, 0) is 6.54 Å². The van der Waals surface area contributed by atoms with E-state index in [1.54, 1.807) is 37.6 Å². The lowest BCUT2D eigenvalue weighted by atomic mass is 10.1. The number of nitrogens with zero attached hydrogens (tertiary/aromatic N) is 3. The summed E-state index contributed by atoms with van der Waals surface area (Å²) < 4.78 is 17.8. The maximum Gasteiger partial charge on any atom is 0.200 e. The van der Waals surface area contributed by atoms with Crippen molar-refractivity contribution in [3.63, 3.8) is 0 Å². The molecule has 2 heterocycles. The van der Waals surface area contributed by atoms with Crippen LogP contribution in [0, 0.1) is 0 Å². The predicted octanol–water partition coefficient (Wildman–Crippen LogP) is 3.55. The molecule has 0 aliphatic heterocycles. The maximum absolute atomic E-state index is 12.7. The van der Waals surface area contributed by atoms with Crippen molar-refractivity contribution in [3.8, 4) is 23.1 Å². The Balaban J connectivity index is 1.78. The Hall–Kier alpha value is -2.74. The van der Waals surface area contributed by atoms with Crippen LogP contribution in [0.1, 0.15) is 17.3 Å². The Morgan fingerprint density at radius 2 is 2.08 bits per heavy atom. The number of furan rings is 1. The third-order valence-corrected chi connectivity index (χ3v) is 4.78. The first-order valence-electron chi connectivity index (χ1n) is 8.03. The molecule has 0 amide bonds. The Labute approximate surface area is 155 Å². The first kappa shape index (κ1) is 18.1. The summed E-state index contributed by atoms with van der Waals surface area (Å²) in [5, 5.41) is 9.04. The SMILES string of the molecule is CCn1c(SCC(=O)c2cc(OC)ccc2OC)nnc1-c1ccco1. The van der Waals surface area contributed by atoms with Gasteiger partial charge in [-0.2, -0.15) is 0 Å². The fraction of sp³-hybridized carbons (Fsp3) is 0.278. The van der Waals surface area contributed by atoms with Crippen LogP contribution in [-0.4, -0.2) is 40.5 Å². The standard InChI is InChI=1S/C18H19N3O4S/c1-4-21-17(16-6-5-9-25-16)19-20-18(21)26-11-14(22)13-10-12(23-2)7-8-15(13)24-3/h5-10H,4,11H2,1-3H3. The number of Topliss-reactive ketones (excluding diaryl/α,β-unsaturated/α-hetero) is 1. The molecular weight excluding hydrogens is 354 g/mol. The minimum atomic E-state index is -0.0732. The van der Waals surface area contributed by atoms with Gasteiger partial charge in [0.2, 0.25) is 0 Å². The second kappa shape index (κ2) is 8.09. The number of thioether (sulfide) groups is 1. The first-order chi connectivity index (χ1) is 12.7. The zero-order valence-corrected chi connectivity index (χ0v) is 15.6. The molecule has 26 heavy (non-hydrogen) atoms. The van der Waals surface area contributed by atoms with Crippen molar-refractivity contribution in [1.29, 1.82) is 0 Å². The van der Waals surface area contributed by atoms with Gasteiger partial charge < -0.3 is 13.9 Å². The fourth-order valence-electron chi connectivity index (χ4n) is 2.51. The number of ketones is 1. The van der Waals surface area contributed by atoms with E-state index in [-0.39, 0.29) is 11.5 Å². The highest BCUT2D eigenvalue weighted by atomic mass is 32.2. The maximum atomic E-state index is 12.7. The van der Waals surface area contributed by atoms with Crippen molar-refractivity contribution in [2.45, 2.75) is 18.6 Å². The summed E-state index contributed by atoms with van der Waals surface area (Å²) in [5.74, 6) is 2.55. The van der Waals surface area contributed by atoms with Gasteiger partial charge >= 0.3 is 0 Å². The van der Waals surface area contributed by atoms with Crippen LogP contribution in [0.2, 0.25) is 0 Å². The number of ether oxygens (including phenoxy) is 2. The van der Waals surface area contributed by atoms with E-state index in [9.17, 15) is 4.79 Å². The van der Waals surface area contributed by atoms with E-state index in [0.717, 1.165) is 0 Å². The van der Waals surface area contributed by atoms with Crippen molar-refractivity contribution in [3.05, 3.63) is 42.2 Å². The lowest BCUT2D eigenvalue weighted by Gasteiger charge is -2.10. The monoisotopic (exact) mass is 373 g/mol. The average molecular weight is 373 g/mol. The Morgan fingerprint density at radius 3 is 2.73 bits per heavy atom. The molecule has 0 atom stereocenters. The summed E-state index contributed by atoms with van der Waals surface area (Å²) in [7, 11) is 3.10. The molecular formula is C18H19N3O4S. The smallest absolute Gasteiger partial charge is 0.200 e. The van der Waals surface area contributed by atoms with Gasteiger partial charge in [0, 0.05) is 6.54 Å². The number of hydrogen-bond donors (Lipinski definition) is 0. The van der Waals surface area contributed by atoms with Gasteiger partial charge in [-0.3, -0.25) is 9.36 Å². The van der Waals surface area contributed by atoms with Gasteiger partial charge in [0.1, 0.15) is 11.5 Å². The van der Waals surface area contributed by atoms with Gasteiger partial charge in [0.05, 0.1) is 31.8 Å². The molecule has 7 nitrogen and oxygen atoms in total. The number of benzene rings is 1. The topological polar surface area (TPSA) is 79.4 Å². The van der Waals surface area contributed by atoms with Crippen molar-refractivity contribution in [1.82, 2.24) is 14.8 Å². The fourth-order valence-corrected chi connectivity index (χ4v) is 3.39. The zero-order chi connectivity index (χ0) is 18.5. The van der Waals surface area contributed by atoms with E-state index in [1.807, 2.05) is 17.6 Å². The van der Waals surface area contributed by atoms with E-state index in [0.29, 0.717) is 40.3 Å². The summed E-state index contributed by atoms with van der Waals surface area (Å²) in [6, 6.07) is 8.79. The quantitative estimate of drug-likeness (QED) is 0.441. The van der Waals surface area contributed by atoms with Crippen LogP contribution in [0.5, 0.6) is 11.5 Å². The molecule has 2 aromatic heterocycles. The van der Waals surface area contributed by atoms with E-state index in [2.05, 4.69) is 10.2 Å². The van der Waals surface area contributed by atoms with Gasteiger partial charge in [0.25, 0.3) is 0 Å². The van der Waals surface area contributed by atoms with Crippen molar-refractivity contribution < 1.29 is 18.7 Å². The lowest BCUT2D eigenvalue weighted by Crippen LogP contribution is -2.07. The number of carbonyl (C=O) groups excluding carboxylic acids is 1. The summed E-state index contributed by atoms with van der Waals surface area (Å²) in [4.78, 5) is 12.7. The highest BCUT2D eigenvalue weighted by Crippen LogP contribution is 2.28. The second-order valence-corrected chi connectivity index (χ2v) is 6.25. The molecule has 3 aromatic rings. The molecule has 3 rings (SSSR count). The van der Waals surface area contributed by atoms with Gasteiger partial charge in [0.15, 0.2) is 22.5 Å². The van der Waals surface area contributed by atoms with Crippen LogP contribution >= 0.6 is 11.8 Å². The normalized spacial score (nSPS) is 10.7. The van der Waals surface area contributed by atoms with E-state index >= 15 is 0 Å². The molecule has 0 saturated carbocycles. The predicted molar refractivity (Wildman–Crippen MR) is 98.0 cm³/mol. The van der Waals surface area contributed by atoms with E-state index in [1.165, 1.54) is 18.9 Å². The van der Waals surface area contributed by atoms with Crippen molar-refractivity contribution in [2.75, 3.05) is 20.0 Å². The molecule has 0 fully saturated rings. The molecule has 0 aliphatic carbocycles. The van der Waals surface area contributed by atoms with Crippen molar-refractivity contribution >= 4 is 17.5 Å². The summed E-state index contributed by atoms with van der Waals surface area (Å²) in [6.07, 6.45) is 1.59. The number of carbonyl (C=O) groups is 1. The molecule has 1 aromatic carbocycles. The Morgan fingerprint density at radius 1 is 1.23 bits per heavy atom. The number of methoxy groups -OCH3 is 2. The van der Waals surface area contributed by atoms with Gasteiger partial charge in [-0.25, -0.2) is 0 Å². The number of aromatic nitrogens is 3. The molecule has 0 spiro atoms. The molecule has 136 valence electrons. The Bertz CT molecular complexity index is 890. The van der Waals surface area contributed by atoms with Gasteiger partial charge in [-0.15, -0.1) is 10.2 Å². The lowest BCUT2D eigenvalue weighted by molar-refractivity contribution is 0.101. The molecule has 0 N–H and O–H groups in total. The van der Waals surface area contributed by atoms with Gasteiger partial charge in [-0.1, -0.05) is 11.8 Å². The molecule has 0 unspecified atom stereocenters. The first-order valence-corrected chi connectivity index (χ1v) is 9.01. The summed E-state index contributed by atoms with van der Waals surface area (Å²) >= 11 is 1.33. The van der Waals surface area contributed by atoms with Crippen LogP contribution < -0.4 is 9.47 Å². The minimum Gasteiger partial charge on any atom is -0.497 e. The molecule has 0 bridgehead atoms. The third-order valence-electron chi connectivity index (χ3n) is 3.81. The van der Waals surface area contributed by atoms with Crippen LogP contribution in [0.3, 0.4) is 0 Å². The highest BCUT2D eigenvalue weighted by molar-refractivity contribution is 7.99. The molecule has 0 saturated heterocycles. The van der Waals surface area contributed by atoms with Gasteiger partial charge in [-0.05, 0) is 37.3 Å². The number of rotatable bonds is 8. The molecule has 0 aliphatic rings. The molecule has 8 heteroatoms. The van der Waals surface area contributed by atoms with Crippen molar-refractivity contribution in [2.24, 2.45) is 0 Å². The van der Waals surface area contributed by atoms with Crippen LogP contribution in [0.25, 0.3) is 11.6 Å². The summed E-state index contributed by atoms with van der Waals surface area (Å²) in [5.41, 5.74) is 0.480. The second-order valence-electron chi connectivity index (χ2n) is 5.31. The van der Waals surface area contributed by atoms with Crippen LogP contribution in [0.15, 0.2) is 46.2 Å². The zero-order valence-electron chi connectivity index (χ0n) is 14.8. The number of hydrogen-bond acceptors (Lipinski definition) is 7. The Kier molecular flexibility index (Phi) is 5.62. The largest absolute Gasteiger partial charge is 0.497 e. The molecule has 0 radical (unpaired) electrons. The third kappa shape index (κ3) is 3.60. The summed E-state index contributed by atoms with van der Waals surface area (Å²) in [6.45, 7) is 2.66. The van der Waals surface area contributed by atoms with E-state index < -0.39 is 0 Å². The van der Waals surface area contributed by atoms with Crippen LogP contribution in [0.4, 0.5) is 0 Å². The highest BCUT2D eigenvalue weighted by Gasteiger charge is 2.18. The average Bonchev–Trinajstić information content (AvgIpc) is 3.34.